The minimum absolute atomic E-state index is 0.288. The van der Waals surface area contributed by atoms with Gasteiger partial charge in [-0.15, -0.1) is 0 Å². The number of nitriles is 1. The molecule has 0 bridgehead atoms. The second kappa shape index (κ2) is 8.33. The minimum atomic E-state index is 0.288. The summed E-state index contributed by atoms with van der Waals surface area (Å²) in [6.07, 6.45) is 9.93. The van der Waals surface area contributed by atoms with Gasteiger partial charge in [0, 0.05) is 5.92 Å². The van der Waals surface area contributed by atoms with Crippen LogP contribution in [0.2, 0.25) is 0 Å². The highest BCUT2D eigenvalue weighted by atomic mass is 14.3. The Morgan fingerprint density at radius 2 is 2.17 bits per heavy atom. The van der Waals surface area contributed by atoms with Gasteiger partial charge < -0.3 is 0 Å². The molecule has 1 nitrogen and oxygen atoms in total. The molecule has 0 saturated heterocycles. The molecular formula is C11H19N. The third-order valence-electron chi connectivity index (χ3n) is 2.08. The van der Waals surface area contributed by atoms with Gasteiger partial charge in [0.2, 0.25) is 0 Å². The summed E-state index contributed by atoms with van der Waals surface area (Å²) in [6, 6.07) is 2.32. The van der Waals surface area contributed by atoms with E-state index in [9.17, 15) is 0 Å². The highest BCUT2D eigenvalue weighted by molar-refractivity contribution is 4.82. The zero-order valence-electron chi connectivity index (χ0n) is 8.21. The van der Waals surface area contributed by atoms with Crippen molar-refractivity contribution >= 4 is 0 Å². The van der Waals surface area contributed by atoms with Crippen LogP contribution in [0.15, 0.2) is 12.2 Å². The van der Waals surface area contributed by atoms with E-state index in [0.29, 0.717) is 0 Å². The lowest BCUT2D eigenvalue weighted by Gasteiger charge is -2.03. The molecular weight excluding hydrogens is 146 g/mol. The number of hydrogen-bond acceptors (Lipinski definition) is 1. The van der Waals surface area contributed by atoms with Crippen molar-refractivity contribution in [3.05, 3.63) is 12.2 Å². The second-order valence-electron chi connectivity index (χ2n) is 3.09. The van der Waals surface area contributed by atoms with Crippen molar-refractivity contribution in [3.8, 4) is 6.07 Å². The van der Waals surface area contributed by atoms with Crippen molar-refractivity contribution in [2.45, 2.75) is 46.0 Å². The molecule has 0 aromatic carbocycles. The van der Waals surface area contributed by atoms with Crippen LogP contribution in [0.4, 0.5) is 0 Å². The molecule has 0 radical (unpaired) electrons. The van der Waals surface area contributed by atoms with E-state index in [1.165, 1.54) is 19.3 Å². The first-order chi connectivity index (χ1) is 5.85. The van der Waals surface area contributed by atoms with Gasteiger partial charge in [0.1, 0.15) is 0 Å². The van der Waals surface area contributed by atoms with Crippen molar-refractivity contribution in [3.63, 3.8) is 0 Å². The molecule has 0 aliphatic heterocycles. The third kappa shape index (κ3) is 5.97. The van der Waals surface area contributed by atoms with Gasteiger partial charge in [0.25, 0.3) is 0 Å². The van der Waals surface area contributed by atoms with Gasteiger partial charge in [-0.05, 0) is 32.6 Å². The molecule has 1 heteroatoms. The predicted octanol–water partition coefficient (Wildman–Crippen LogP) is 3.67. The van der Waals surface area contributed by atoms with E-state index in [4.69, 9.17) is 5.26 Å². The zero-order chi connectivity index (χ0) is 9.23. The van der Waals surface area contributed by atoms with Crippen LogP contribution in [-0.4, -0.2) is 0 Å². The fourth-order valence-electron chi connectivity index (χ4n) is 1.18. The van der Waals surface area contributed by atoms with E-state index in [2.05, 4.69) is 25.1 Å². The highest BCUT2D eigenvalue weighted by Gasteiger charge is 2.01. The molecule has 0 spiro atoms. The van der Waals surface area contributed by atoms with Gasteiger partial charge in [-0.2, -0.15) is 5.26 Å². The number of nitrogens with zero attached hydrogens (tertiary/aromatic N) is 1. The molecule has 0 aliphatic carbocycles. The van der Waals surface area contributed by atoms with Gasteiger partial charge in [0.15, 0.2) is 0 Å². The molecule has 68 valence electrons. The normalized spacial score (nSPS) is 13.1. The van der Waals surface area contributed by atoms with Gasteiger partial charge >= 0.3 is 0 Å². The van der Waals surface area contributed by atoms with Gasteiger partial charge in [-0.1, -0.05) is 25.5 Å². The molecule has 0 rings (SSSR count). The van der Waals surface area contributed by atoms with Crippen LogP contribution in [0, 0.1) is 17.2 Å². The molecule has 0 amide bonds. The molecule has 0 heterocycles. The average Bonchev–Trinajstić information content (AvgIpc) is 2.11. The van der Waals surface area contributed by atoms with Crippen molar-refractivity contribution in [2.24, 2.45) is 5.92 Å². The summed E-state index contributed by atoms with van der Waals surface area (Å²) in [5.41, 5.74) is 0. The lowest BCUT2D eigenvalue weighted by Crippen LogP contribution is -1.93. The van der Waals surface area contributed by atoms with E-state index in [0.717, 1.165) is 12.8 Å². The maximum absolute atomic E-state index is 8.66. The summed E-state index contributed by atoms with van der Waals surface area (Å²) in [5, 5.41) is 8.66. The number of allylic oxidation sites excluding steroid dienone is 2. The molecule has 0 aromatic heterocycles. The van der Waals surface area contributed by atoms with Gasteiger partial charge in [-0.25, -0.2) is 0 Å². The van der Waals surface area contributed by atoms with Crippen LogP contribution in [0.5, 0.6) is 0 Å². The Labute approximate surface area is 76.1 Å². The van der Waals surface area contributed by atoms with Crippen LogP contribution in [0.3, 0.4) is 0 Å². The summed E-state index contributed by atoms with van der Waals surface area (Å²) < 4.78 is 0. The van der Waals surface area contributed by atoms with Crippen LogP contribution in [0.25, 0.3) is 0 Å². The lowest BCUT2D eigenvalue weighted by molar-refractivity contribution is 0.542. The standard InChI is InChI=1S/C11H19N/c1-3-5-6-7-8-9-11(4-2)10-12/h3,5,11H,4,6-9H2,1-2H3. The highest BCUT2D eigenvalue weighted by Crippen LogP contribution is 2.12. The Hall–Kier alpha value is -0.770. The minimum Gasteiger partial charge on any atom is -0.198 e. The van der Waals surface area contributed by atoms with Crippen molar-refractivity contribution < 1.29 is 0 Å². The van der Waals surface area contributed by atoms with E-state index >= 15 is 0 Å². The molecule has 0 aromatic rings. The van der Waals surface area contributed by atoms with E-state index in [1.807, 2.05) is 6.92 Å². The average molecular weight is 165 g/mol. The molecule has 0 N–H and O–H groups in total. The van der Waals surface area contributed by atoms with Gasteiger partial charge in [0.05, 0.1) is 6.07 Å². The van der Waals surface area contributed by atoms with Crippen molar-refractivity contribution in [1.82, 2.24) is 0 Å². The Kier molecular flexibility index (Phi) is 7.79. The smallest absolute Gasteiger partial charge is 0.0655 e. The summed E-state index contributed by atoms with van der Waals surface area (Å²) in [6.45, 7) is 4.13. The fourth-order valence-corrected chi connectivity index (χ4v) is 1.18. The van der Waals surface area contributed by atoms with Crippen LogP contribution >= 0.6 is 0 Å². The predicted molar refractivity (Wildman–Crippen MR) is 52.7 cm³/mol. The first kappa shape index (κ1) is 11.2. The summed E-state index contributed by atoms with van der Waals surface area (Å²) >= 11 is 0. The van der Waals surface area contributed by atoms with E-state index < -0.39 is 0 Å². The number of unbranched alkanes of at least 4 members (excludes halogenated alkanes) is 2. The van der Waals surface area contributed by atoms with Gasteiger partial charge in [-0.3, -0.25) is 0 Å². The summed E-state index contributed by atoms with van der Waals surface area (Å²) in [4.78, 5) is 0. The SMILES string of the molecule is CC=CCCCCC(C#N)CC. The topological polar surface area (TPSA) is 23.8 Å². The maximum Gasteiger partial charge on any atom is 0.0655 e. The van der Waals surface area contributed by atoms with E-state index in [1.54, 1.807) is 0 Å². The Balaban J connectivity index is 3.25. The molecule has 0 fully saturated rings. The number of rotatable bonds is 6. The molecule has 0 saturated carbocycles. The largest absolute Gasteiger partial charge is 0.198 e. The molecule has 1 atom stereocenters. The third-order valence-corrected chi connectivity index (χ3v) is 2.08. The van der Waals surface area contributed by atoms with Crippen molar-refractivity contribution in [1.29, 1.82) is 5.26 Å². The Morgan fingerprint density at radius 1 is 1.42 bits per heavy atom. The number of hydrogen-bond donors (Lipinski definition) is 0. The Morgan fingerprint density at radius 3 is 2.67 bits per heavy atom. The first-order valence-corrected chi connectivity index (χ1v) is 4.85. The van der Waals surface area contributed by atoms with Crippen LogP contribution < -0.4 is 0 Å². The molecule has 0 aliphatic rings. The lowest BCUT2D eigenvalue weighted by atomic mass is 10.0. The second-order valence-corrected chi connectivity index (χ2v) is 3.09. The molecule has 1 unspecified atom stereocenters. The van der Waals surface area contributed by atoms with Crippen LogP contribution in [-0.2, 0) is 0 Å². The maximum atomic E-state index is 8.66. The van der Waals surface area contributed by atoms with Crippen LogP contribution in [0.1, 0.15) is 46.0 Å². The van der Waals surface area contributed by atoms with Crippen molar-refractivity contribution in [2.75, 3.05) is 0 Å². The first-order valence-electron chi connectivity index (χ1n) is 4.85. The zero-order valence-corrected chi connectivity index (χ0v) is 8.21. The molecule has 12 heavy (non-hydrogen) atoms. The quantitative estimate of drug-likeness (QED) is 0.435. The summed E-state index contributed by atoms with van der Waals surface area (Å²) in [7, 11) is 0. The monoisotopic (exact) mass is 165 g/mol. The van der Waals surface area contributed by atoms with E-state index in [-0.39, 0.29) is 5.92 Å². The fraction of sp³-hybridized carbons (Fsp3) is 0.727. The summed E-state index contributed by atoms with van der Waals surface area (Å²) in [5.74, 6) is 0.288. The Bertz CT molecular complexity index is 153.